The van der Waals surface area contributed by atoms with Gasteiger partial charge < -0.3 is 16.4 Å². The van der Waals surface area contributed by atoms with Gasteiger partial charge in [-0.15, -0.1) is 0 Å². The number of halogens is 1. The minimum atomic E-state index is -3.87. The van der Waals surface area contributed by atoms with Gasteiger partial charge in [-0.2, -0.15) is 0 Å². The van der Waals surface area contributed by atoms with Gasteiger partial charge in [0.05, 0.1) is 39.2 Å². The predicted molar refractivity (Wildman–Crippen MR) is 167 cm³/mol. The molecule has 3 heterocycles. The van der Waals surface area contributed by atoms with E-state index in [2.05, 4.69) is 20.6 Å². The van der Waals surface area contributed by atoms with E-state index in [1.165, 1.54) is 16.4 Å². The summed E-state index contributed by atoms with van der Waals surface area (Å²) in [6.07, 6.45) is 7.74. The lowest BCUT2D eigenvalue weighted by Gasteiger charge is -2.39. The van der Waals surface area contributed by atoms with Crippen LogP contribution in [0.1, 0.15) is 43.1 Å². The maximum absolute atomic E-state index is 13.6. The number of anilines is 2. The molecule has 6 rings (SSSR count). The first-order valence-electron chi connectivity index (χ1n) is 13.9. The van der Waals surface area contributed by atoms with E-state index in [-0.39, 0.29) is 16.8 Å². The molecule has 0 radical (unpaired) electrons. The van der Waals surface area contributed by atoms with E-state index in [9.17, 15) is 13.2 Å². The Hall–Kier alpha value is -4.48. The average molecular weight is 616 g/mol. The molecule has 1 amide bonds. The molecule has 1 fully saturated rings. The molecule has 1 saturated carbocycles. The SMILES string of the molecule is C[C@]1(NC(=O)c2ccc(N)cn2)CCC[C@@H](Nc2ncc(Cl)c(-c3cn(S(=O)(=O)c4ccccc4)c4ccccc34)n2)C1. The average Bonchev–Trinajstić information content (AvgIpc) is 3.39. The molecule has 1 aliphatic rings. The van der Waals surface area contributed by atoms with Crippen molar-refractivity contribution in [1.82, 2.24) is 24.2 Å². The molecule has 220 valence electrons. The summed E-state index contributed by atoms with van der Waals surface area (Å²) < 4.78 is 28.5. The second kappa shape index (κ2) is 11.3. The first kappa shape index (κ1) is 28.6. The van der Waals surface area contributed by atoms with E-state index in [1.807, 2.05) is 19.1 Å². The summed E-state index contributed by atoms with van der Waals surface area (Å²) in [5.41, 5.74) is 7.54. The van der Waals surface area contributed by atoms with Crippen LogP contribution in [0, 0.1) is 0 Å². The third-order valence-corrected chi connectivity index (χ3v) is 9.69. The Morgan fingerprint density at radius 3 is 2.58 bits per heavy atom. The normalized spacial score (nSPS) is 18.8. The van der Waals surface area contributed by atoms with E-state index < -0.39 is 15.6 Å². The maximum atomic E-state index is 13.6. The molecule has 0 saturated heterocycles. The minimum Gasteiger partial charge on any atom is -0.397 e. The predicted octanol–water partition coefficient (Wildman–Crippen LogP) is 5.51. The van der Waals surface area contributed by atoms with Crippen LogP contribution in [0.25, 0.3) is 22.2 Å². The van der Waals surface area contributed by atoms with Gasteiger partial charge in [0.2, 0.25) is 5.95 Å². The van der Waals surface area contributed by atoms with Crippen molar-refractivity contribution >= 4 is 50.1 Å². The number of amides is 1. The lowest BCUT2D eigenvalue weighted by atomic mass is 9.80. The van der Waals surface area contributed by atoms with E-state index in [0.717, 1.165) is 19.3 Å². The van der Waals surface area contributed by atoms with Crippen molar-refractivity contribution in [3.63, 3.8) is 0 Å². The zero-order valence-corrected chi connectivity index (χ0v) is 24.9. The molecule has 0 aliphatic heterocycles. The fourth-order valence-corrected chi connectivity index (χ4v) is 7.24. The Morgan fingerprint density at radius 2 is 1.81 bits per heavy atom. The lowest BCUT2D eigenvalue weighted by molar-refractivity contribution is 0.0874. The summed E-state index contributed by atoms with van der Waals surface area (Å²) in [6.45, 7) is 2.02. The zero-order valence-electron chi connectivity index (χ0n) is 23.4. The van der Waals surface area contributed by atoms with Crippen LogP contribution >= 0.6 is 11.6 Å². The van der Waals surface area contributed by atoms with Gasteiger partial charge in [0.1, 0.15) is 5.69 Å². The zero-order chi connectivity index (χ0) is 30.2. The fraction of sp³-hybridized carbons (Fsp3) is 0.226. The number of hydrogen-bond acceptors (Lipinski definition) is 8. The van der Waals surface area contributed by atoms with Gasteiger partial charge in [-0.3, -0.25) is 4.79 Å². The van der Waals surface area contributed by atoms with Crippen molar-refractivity contribution in [2.75, 3.05) is 11.1 Å². The topological polar surface area (TPSA) is 145 Å². The second-order valence-electron chi connectivity index (χ2n) is 11.0. The van der Waals surface area contributed by atoms with Gasteiger partial charge in [0.15, 0.2) is 0 Å². The van der Waals surface area contributed by atoms with Crippen molar-refractivity contribution < 1.29 is 13.2 Å². The molecular weight excluding hydrogens is 586 g/mol. The maximum Gasteiger partial charge on any atom is 0.270 e. The number of rotatable bonds is 7. The summed E-state index contributed by atoms with van der Waals surface area (Å²) in [7, 11) is -3.87. The molecule has 2 aromatic carbocycles. The summed E-state index contributed by atoms with van der Waals surface area (Å²) in [4.78, 5) is 26.4. The van der Waals surface area contributed by atoms with E-state index in [4.69, 9.17) is 22.3 Å². The number of nitrogens with zero attached hydrogens (tertiary/aromatic N) is 4. The van der Waals surface area contributed by atoms with Gasteiger partial charge in [0, 0.05) is 28.7 Å². The molecule has 43 heavy (non-hydrogen) atoms. The Labute approximate surface area is 254 Å². The number of aromatic nitrogens is 4. The Bertz CT molecular complexity index is 1910. The summed E-state index contributed by atoms with van der Waals surface area (Å²) >= 11 is 6.61. The molecule has 1 aliphatic carbocycles. The van der Waals surface area contributed by atoms with Gasteiger partial charge in [0.25, 0.3) is 15.9 Å². The highest BCUT2D eigenvalue weighted by atomic mass is 35.5. The minimum absolute atomic E-state index is 0.0211. The van der Waals surface area contributed by atoms with Crippen molar-refractivity contribution in [2.24, 2.45) is 0 Å². The number of nitrogens with one attached hydrogen (secondary N) is 2. The van der Waals surface area contributed by atoms with Crippen molar-refractivity contribution in [3.05, 3.63) is 96.0 Å². The number of carbonyl (C=O) groups excluding carboxylic acids is 1. The third-order valence-electron chi connectivity index (χ3n) is 7.72. The van der Waals surface area contributed by atoms with Crippen molar-refractivity contribution in [2.45, 2.75) is 49.1 Å². The van der Waals surface area contributed by atoms with Crippen LogP contribution in [0.2, 0.25) is 5.02 Å². The van der Waals surface area contributed by atoms with Crippen molar-refractivity contribution in [1.29, 1.82) is 0 Å². The lowest BCUT2D eigenvalue weighted by Crippen LogP contribution is -2.51. The molecule has 0 bridgehead atoms. The second-order valence-corrected chi connectivity index (χ2v) is 13.2. The van der Waals surface area contributed by atoms with E-state index >= 15 is 0 Å². The molecular formula is C31H30ClN7O3S. The number of nitrogen functional groups attached to an aromatic ring is 1. The third kappa shape index (κ3) is 5.78. The highest BCUT2D eigenvalue weighted by Crippen LogP contribution is 2.36. The van der Waals surface area contributed by atoms with Crippen LogP contribution in [0.15, 0.2) is 90.2 Å². The molecule has 12 heteroatoms. The van der Waals surface area contributed by atoms with Gasteiger partial charge in [-0.05, 0) is 62.9 Å². The van der Waals surface area contributed by atoms with E-state index in [1.54, 1.807) is 60.8 Å². The largest absolute Gasteiger partial charge is 0.397 e. The summed E-state index contributed by atoms with van der Waals surface area (Å²) in [6, 6.07) is 18.8. The molecule has 0 spiro atoms. The van der Waals surface area contributed by atoms with Crippen LogP contribution in [0.4, 0.5) is 11.6 Å². The van der Waals surface area contributed by atoms with Gasteiger partial charge in [-0.1, -0.05) is 48.0 Å². The molecule has 3 aromatic heterocycles. The quantitative estimate of drug-likeness (QED) is 0.217. The summed E-state index contributed by atoms with van der Waals surface area (Å²) in [5, 5.41) is 7.54. The van der Waals surface area contributed by atoms with Crippen LogP contribution < -0.4 is 16.4 Å². The molecule has 0 unspecified atom stereocenters. The van der Waals surface area contributed by atoms with Gasteiger partial charge >= 0.3 is 0 Å². The Kier molecular flexibility index (Phi) is 7.53. The number of para-hydroxylation sites is 1. The number of carbonyl (C=O) groups is 1. The Balaban J connectivity index is 1.27. The monoisotopic (exact) mass is 615 g/mol. The number of pyridine rings is 1. The fourth-order valence-electron chi connectivity index (χ4n) is 5.65. The number of nitrogens with two attached hydrogens (primary N) is 1. The smallest absolute Gasteiger partial charge is 0.270 e. The van der Waals surface area contributed by atoms with E-state index in [0.29, 0.717) is 50.9 Å². The molecule has 2 atom stereocenters. The highest BCUT2D eigenvalue weighted by Gasteiger charge is 2.34. The van der Waals surface area contributed by atoms with Crippen molar-refractivity contribution in [3.8, 4) is 11.3 Å². The number of benzene rings is 2. The van der Waals surface area contributed by atoms with Crippen LogP contribution in [0.3, 0.4) is 0 Å². The molecule has 4 N–H and O–H groups in total. The Morgan fingerprint density at radius 1 is 1.05 bits per heavy atom. The number of hydrogen-bond donors (Lipinski definition) is 3. The first-order chi connectivity index (χ1) is 20.6. The standard InChI is InChI=1S/C31H30ClN7O3S/c1-31(38-29(40)26-14-13-20(33)17-34-26)15-7-8-21(16-31)36-30-35-18-25(32)28(37-30)24-19-39(27-12-6-5-11-23(24)27)43(41,42)22-9-3-2-4-10-22/h2-6,9-14,17-19,21H,7-8,15-16,33H2,1H3,(H,38,40)(H,35,36,37)/t21-,31+/m1/s1. The summed E-state index contributed by atoms with van der Waals surface area (Å²) in [5.74, 6) is 0.109. The van der Waals surface area contributed by atoms with Gasteiger partial charge in [-0.25, -0.2) is 27.3 Å². The molecule has 5 aromatic rings. The molecule has 10 nitrogen and oxygen atoms in total. The van der Waals surface area contributed by atoms with Crippen LogP contribution in [0.5, 0.6) is 0 Å². The van der Waals surface area contributed by atoms with Crippen LogP contribution in [-0.4, -0.2) is 44.8 Å². The highest BCUT2D eigenvalue weighted by molar-refractivity contribution is 7.90. The number of fused-ring (bicyclic) bond motifs is 1. The van der Waals surface area contributed by atoms with Crippen LogP contribution in [-0.2, 0) is 10.0 Å². The first-order valence-corrected chi connectivity index (χ1v) is 15.7.